The summed E-state index contributed by atoms with van der Waals surface area (Å²) in [6.45, 7) is 2.58. The van der Waals surface area contributed by atoms with E-state index in [1.807, 2.05) is 31.2 Å². The second-order valence-corrected chi connectivity index (χ2v) is 4.61. The van der Waals surface area contributed by atoms with Gasteiger partial charge in [0.15, 0.2) is 0 Å². The summed E-state index contributed by atoms with van der Waals surface area (Å²) >= 11 is 0. The van der Waals surface area contributed by atoms with Crippen molar-refractivity contribution in [3.63, 3.8) is 0 Å². The minimum Gasteiger partial charge on any atom is -0.299 e. The van der Waals surface area contributed by atoms with E-state index in [0.29, 0.717) is 12.2 Å². The van der Waals surface area contributed by atoms with Gasteiger partial charge in [-0.1, -0.05) is 18.2 Å². The van der Waals surface area contributed by atoms with E-state index in [9.17, 15) is 18.0 Å². The number of Topliss-reactive ketones (excluding diaryl/α,β-unsaturated/α-hetero) is 1. The molecule has 0 amide bonds. The molecule has 0 saturated heterocycles. The van der Waals surface area contributed by atoms with E-state index < -0.39 is 24.8 Å². The molecule has 0 N–H and O–H groups in total. The number of ketones is 1. The average molecular weight is 284 g/mol. The summed E-state index contributed by atoms with van der Waals surface area (Å²) in [4.78, 5) is 11.7. The zero-order valence-electron chi connectivity index (χ0n) is 11.1. The molecule has 0 bridgehead atoms. The first kappa shape index (κ1) is 14.6. The number of rotatable bonds is 5. The fraction of sp³-hybridized carbons (Fsp3) is 0.429. The van der Waals surface area contributed by atoms with E-state index in [1.54, 1.807) is 4.68 Å². The number of aromatic nitrogens is 2. The molecule has 0 fully saturated rings. The van der Waals surface area contributed by atoms with E-state index in [4.69, 9.17) is 0 Å². The number of para-hydroxylation sites is 1. The van der Waals surface area contributed by atoms with Gasteiger partial charge in [-0.25, -0.2) is 0 Å². The third-order valence-corrected chi connectivity index (χ3v) is 3.09. The van der Waals surface area contributed by atoms with Crippen LogP contribution in [-0.4, -0.2) is 21.7 Å². The fourth-order valence-corrected chi connectivity index (χ4v) is 2.12. The van der Waals surface area contributed by atoms with E-state index in [2.05, 4.69) is 5.10 Å². The van der Waals surface area contributed by atoms with Crippen LogP contribution in [0.2, 0.25) is 0 Å². The number of hydrogen-bond donors (Lipinski definition) is 0. The number of aryl methyl sites for hydroxylation is 1. The first-order chi connectivity index (χ1) is 9.40. The van der Waals surface area contributed by atoms with Crippen LogP contribution in [0.3, 0.4) is 0 Å². The lowest BCUT2D eigenvalue weighted by molar-refractivity contribution is -0.143. The topological polar surface area (TPSA) is 34.9 Å². The van der Waals surface area contributed by atoms with Crippen LogP contribution in [-0.2, 0) is 17.8 Å². The molecule has 1 aromatic carbocycles. The fourth-order valence-electron chi connectivity index (χ4n) is 2.12. The van der Waals surface area contributed by atoms with Gasteiger partial charge in [0.2, 0.25) is 0 Å². The first-order valence-electron chi connectivity index (χ1n) is 6.43. The van der Waals surface area contributed by atoms with Gasteiger partial charge in [0.05, 0.1) is 24.1 Å². The van der Waals surface area contributed by atoms with Crippen molar-refractivity contribution in [3.8, 4) is 0 Å². The predicted octanol–water partition coefficient (Wildman–Crippen LogP) is 3.51. The number of benzene rings is 1. The summed E-state index contributed by atoms with van der Waals surface area (Å²) in [7, 11) is 0. The Morgan fingerprint density at radius 2 is 2.00 bits per heavy atom. The van der Waals surface area contributed by atoms with Crippen molar-refractivity contribution in [1.29, 1.82) is 0 Å². The van der Waals surface area contributed by atoms with Crippen molar-refractivity contribution >= 4 is 16.7 Å². The van der Waals surface area contributed by atoms with Crippen molar-refractivity contribution in [3.05, 3.63) is 30.0 Å². The summed E-state index contributed by atoms with van der Waals surface area (Å²) in [6, 6.07) is 7.41. The molecule has 0 aliphatic carbocycles. The van der Waals surface area contributed by atoms with E-state index in [1.165, 1.54) is 0 Å². The predicted molar refractivity (Wildman–Crippen MR) is 69.4 cm³/mol. The Hall–Kier alpha value is -1.85. The third kappa shape index (κ3) is 3.37. The molecule has 0 unspecified atom stereocenters. The lowest BCUT2D eigenvalue weighted by Gasteiger charge is -2.04. The third-order valence-electron chi connectivity index (χ3n) is 3.09. The minimum atomic E-state index is -4.29. The summed E-state index contributed by atoms with van der Waals surface area (Å²) < 4.78 is 38.0. The molecule has 0 radical (unpaired) electrons. The number of halogens is 3. The number of carbonyl (C=O) groups excluding carboxylic acids is 1. The second kappa shape index (κ2) is 5.64. The van der Waals surface area contributed by atoms with E-state index in [-0.39, 0.29) is 6.42 Å². The average Bonchev–Trinajstić information content (AvgIpc) is 2.74. The van der Waals surface area contributed by atoms with Crippen molar-refractivity contribution in [2.75, 3.05) is 0 Å². The number of fused-ring (bicyclic) bond motifs is 1. The van der Waals surface area contributed by atoms with E-state index in [0.717, 1.165) is 10.9 Å². The second-order valence-electron chi connectivity index (χ2n) is 4.61. The molecule has 20 heavy (non-hydrogen) atoms. The first-order valence-corrected chi connectivity index (χ1v) is 6.43. The number of carbonyl (C=O) groups is 1. The zero-order valence-corrected chi connectivity index (χ0v) is 11.1. The monoisotopic (exact) mass is 284 g/mol. The highest BCUT2D eigenvalue weighted by molar-refractivity contribution is 5.88. The molecular weight excluding hydrogens is 269 g/mol. The summed E-state index contributed by atoms with van der Waals surface area (Å²) in [5.41, 5.74) is 1.45. The smallest absolute Gasteiger partial charge is 0.299 e. The molecule has 3 nitrogen and oxygen atoms in total. The van der Waals surface area contributed by atoms with Crippen LogP contribution in [0.1, 0.15) is 25.5 Å². The van der Waals surface area contributed by atoms with Crippen LogP contribution in [0.5, 0.6) is 0 Å². The maximum atomic E-state index is 12.1. The summed E-state index contributed by atoms with van der Waals surface area (Å²) in [6.07, 6.45) is -5.90. The zero-order chi connectivity index (χ0) is 14.8. The van der Waals surface area contributed by atoms with Gasteiger partial charge in [0.1, 0.15) is 5.78 Å². The van der Waals surface area contributed by atoms with E-state index >= 15 is 0 Å². The van der Waals surface area contributed by atoms with Crippen molar-refractivity contribution in [1.82, 2.24) is 9.78 Å². The molecule has 108 valence electrons. The van der Waals surface area contributed by atoms with Crippen LogP contribution < -0.4 is 0 Å². The Labute approximate surface area is 114 Å². The van der Waals surface area contributed by atoms with Gasteiger partial charge in [-0.05, 0) is 13.0 Å². The lowest BCUT2D eigenvalue weighted by atomic mass is 10.1. The van der Waals surface area contributed by atoms with Crippen molar-refractivity contribution < 1.29 is 18.0 Å². The molecule has 1 heterocycles. The molecular formula is C14H15F3N2O. The maximum absolute atomic E-state index is 12.1. The van der Waals surface area contributed by atoms with Gasteiger partial charge in [0, 0.05) is 18.4 Å². The van der Waals surface area contributed by atoms with Gasteiger partial charge in [-0.3, -0.25) is 9.48 Å². The minimum absolute atomic E-state index is 0.0520. The van der Waals surface area contributed by atoms with Crippen molar-refractivity contribution in [2.24, 2.45) is 0 Å². The van der Waals surface area contributed by atoms with Crippen LogP contribution in [0, 0.1) is 0 Å². The molecule has 0 atom stereocenters. The van der Waals surface area contributed by atoms with Crippen LogP contribution in [0.4, 0.5) is 13.2 Å². The molecule has 6 heteroatoms. The quantitative estimate of drug-likeness (QED) is 0.842. The van der Waals surface area contributed by atoms with Crippen LogP contribution in [0.15, 0.2) is 24.3 Å². The highest BCUT2D eigenvalue weighted by atomic mass is 19.4. The normalized spacial score (nSPS) is 12.0. The van der Waals surface area contributed by atoms with Gasteiger partial charge in [-0.15, -0.1) is 0 Å². The Balaban J connectivity index is 2.15. The Morgan fingerprint density at radius 3 is 2.65 bits per heavy atom. The summed E-state index contributed by atoms with van der Waals surface area (Å²) in [5.74, 6) is -0.436. The summed E-state index contributed by atoms with van der Waals surface area (Å²) in [5, 5.41) is 5.14. The molecule has 2 aromatic rings. The van der Waals surface area contributed by atoms with Crippen molar-refractivity contribution in [2.45, 2.75) is 38.9 Å². The standard InChI is InChI=1S/C14H15F3N2O/c1-2-19-13-6-4-3-5-11(13)12(18-19)9-10(20)7-8-14(15,16)17/h3-6H,2,7-9H2,1H3. The Morgan fingerprint density at radius 1 is 1.30 bits per heavy atom. The highest BCUT2D eigenvalue weighted by Gasteiger charge is 2.28. The molecule has 0 spiro atoms. The number of nitrogens with zero attached hydrogens (tertiary/aromatic N) is 2. The van der Waals surface area contributed by atoms with Crippen LogP contribution in [0.25, 0.3) is 10.9 Å². The highest BCUT2D eigenvalue weighted by Crippen LogP contribution is 2.23. The van der Waals surface area contributed by atoms with Gasteiger partial charge in [-0.2, -0.15) is 18.3 Å². The van der Waals surface area contributed by atoms with Gasteiger partial charge in [0.25, 0.3) is 0 Å². The molecule has 0 aliphatic heterocycles. The maximum Gasteiger partial charge on any atom is 0.389 e. The molecule has 0 saturated carbocycles. The molecule has 1 aromatic heterocycles. The van der Waals surface area contributed by atoms with Gasteiger partial charge < -0.3 is 0 Å². The Kier molecular flexibility index (Phi) is 4.11. The Bertz CT molecular complexity index is 616. The largest absolute Gasteiger partial charge is 0.389 e. The number of hydrogen-bond acceptors (Lipinski definition) is 2. The number of alkyl halides is 3. The molecule has 2 rings (SSSR count). The van der Waals surface area contributed by atoms with Gasteiger partial charge >= 0.3 is 6.18 Å². The lowest BCUT2D eigenvalue weighted by Crippen LogP contribution is -2.12. The van der Waals surface area contributed by atoms with Crippen LogP contribution >= 0.6 is 0 Å². The SMILES string of the molecule is CCn1nc(CC(=O)CCC(F)(F)F)c2ccccc21. The molecule has 0 aliphatic rings.